The van der Waals surface area contributed by atoms with Gasteiger partial charge >= 0.3 is 0 Å². The molecule has 2 rings (SSSR count). The van der Waals surface area contributed by atoms with Crippen molar-refractivity contribution in [3.63, 3.8) is 0 Å². The van der Waals surface area contributed by atoms with E-state index in [9.17, 15) is 0 Å². The first-order valence-electron chi connectivity index (χ1n) is 6.01. The summed E-state index contributed by atoms with van der Waals surface area (Å²) < 4.78 is 5.32. The van der Waals surface area contributed by atoms with Gasteiger partial charge in [0.25, 0.3) is 0 Å². The summed E-state index contributed by atoms with van der Waals surface area (Å²) in [7, 11) is 1.78. The lowest BCUT2D eigenvalue weighted by atomic mass is 10.4. The van der Waals surface area contributed by atoms with Crippen LogP contribution in [0.25, 0.3) is 11.6 Å². The maximum Gasteiger partial charge on any atom is 0.230 e. The number of nitrogens with zero attached hydrogens (tertiary/aromatic N) is 4. The zero-order valence-electron chi connectivity index (χ0n) is 10.8. The fourth-order valence-corrected chi connectivity index (χ4v) is 1.64. The Morgan fingerprint density at radius 2 is 2.00 bits per heavy atom. The van der Waals surface area contributed by atoms with Crippen molar-refractivity contribution in [2.24, 2.45) is 0 Å². The molecule has 0 radical (unpaired) electrons. The molecule has 0 aromatic carbocycles. The third kappa shape index (κ3) is 2.42. The molecule has 0 unspecified atom stereocenters. The molecule has 0 spiro atoms. The second-order valence-corrected chi connectivity index (χ2v) is 3.68. The highest BCUT2D eigenvalue weighted by molar-refractivity contribution is 5.52. The van der Waals surface area contributed by atoms with Crippen molar-refractivity contribution < 1.29 is 4.42 Å². The molecule has 0 aliphatic rings. The summed E-state index contributed by atoms with van der Waals surface area (Å²) in [5.74, 6) is 2.38. The molecule has 0 saturated carbocycles. The molecule has 18 heavy (non-hydrogen) atoms. The third-order valence-corrected chi connectivity index (χ3v) is 2.64. The van der Waals surface area contributed by atoms with Gasteiger partial charge in [-0.2, -0.15) is 15.0 Å². The molecule has 0 aliphatic heterocycles. The van der Waals surface area contributed by atoms with Crippen LogP contribution in [0.4, 0.5) is 11.9 Å². The molecule has 0 amide bonds. The first kappa shape index (κ1) is 12.3. The molecule has 0 fully saturated rings. The van der Waals surface area contributed by atoms with E-state index in [4.69, 9.17) is 4.42 Å². The average Bonchev–Trinajstić information content (AvgIpc) is 2.94. The van der Waals surface area contributed by atoms with Crippen LogP contribution in [0.3, 0.4) is 0 Å². The molecule has 2 aromatic rings. The van der Waals surface area contributed by atoms with E-state index in [0.29, 0.717) is 23.5 Å². The van der Waals surface area contributed by atoms with Gasteiger partial charge < -0.3 is 14.6 Å². The van der Waals surface area contributed by atoms with Crippen LogP contribution < -0.4 is 10.2 Å². The predicted molar refractivity (Wildman–Crippen MR) is 70.6 cm³/mol. The van der Waals surface area contributed by atoms with E-state index in [0.717, 1.165) is 13.1 Å². The standard InChI is InChI=1S/C12H17N5O/c1-4-17(5-2)12-15-10(9-7-6-8-18-9)14-11(13-3)16-12/h6-8H,4-5H2,1-3H3,(H,13,14,15,16). The van der Waals surface area contributed by atoms with Crippen LogP contribution in [0.15, 0.2) is 22.8 Å². The van der Waals surface area contributed by atoms with E-state index in [1.165, 1.54) is 0 Å². The number of hydrogen-bond donors (Lipinski definition) is 1. The van der Waals surface area contributed by atoms with Gasteiger partial charge in [-0.15, -0.1) is 0 Å². The molecule has 2 aromatic heterocycles. The van der Waals surface area contributed by atoms with E-state index in [1.807, 2.05) is 12.1 Å². The van der Waals surface area contributed by atoms with Gasteiger partial charge in [0.1, 0.15) is 0 Å². The van der Waals surface area contributed by atoms with E-state index in [-0.39, 0.29) is 0 Å². The van der Waals surface area contributed by atoms with Crippen molar-refractivity contribution in [3.05, 3.63) is 18.4 Å². The maximum absolute atomic E-state index is 5.32. The van der Waals surface area contributed by atoms with Crippen LogP contribution >= 0.6 is 0 Å². The SMILES string of the molecule is CCN(CC)c1nc(NC)nc(-c2ccco2)n1. The van der Waals surface area contributed by atoms with E-state index >= 15 is 0 Å². The topological polar surface area (TPSA) is 67.1 Å². The van der Waals surface area contributed by atoms with Crippen molar-refractivity contribution in [1.82, 2.24) is 15.0 Å². The van der Waals surface area contributed by atoms with Gasteiger partial charge in [0.15, 0.2) is 5.76 Å². The van der Waals surface area contributed by atoms with Crippen LogP contribution in [0.5, 0.6) is 0 Å². The minimum absolute atomic E-state index is 0.540. The monoisotopic (exact) mass is 247 g/mol. The van der Waals surface area contributed by atoms with Crippen LogP contribution in [0.1, 0.15) is 13.8 Å². The van der Waals surface area contributed by atoms with Crippen LogP contribution in [-0.4, -0.2) is 35.1 Å². The fraction of sp³-hybridized carbons (Fsp3) is 0.417. The number of nitrogens with one attached hydrogen (secondary N) is 1. The van der Waals surface area contributed by atoms with Crippen LogP contribution in [0, 0.1) is 0 Å². The Labute approximate surface area is 106 Å². The summed E-state index contributed by atoms with van der Waals surface area (Å²) in [5, 5.41) is 2.94. The number of hydrogen-bond acceptors (Lipinski definition) is 6. The molecule has 96 valence electrons. The van der Waals surface area contributed by atoms with Gasteiger partial charge in [-0.3, -0.25) is 0 Å². The quantitative estimate of drug-likeness (QED) is 0.871. The third-order valence-electron chi connectivity index (χ3n) is 2.64. The molecule has 0 saturated heterocycles. The summed E-state index contributed by atoms with van der Waals surface area (Å²) in [6.07, 6.45) is 1.61. The normalized spacial score (nSPS) is 10.4. The fourth-order valence-electron chi connectivity index (χ4n) is 1.64. The molecule has 0 bridgehead atoms. The minimum Gasteiger partial charge on any atom is -0.461 e. The zero-order valence-corrected chi connectivity index (χ0v) is 10.8. The van der Waals surface area contributed by atoms with E-state index in [1.54, 1.807) is 13.3 Å². The second kappa shape index (κ2) is 5.48. The van der Waals surface area contributed by atoms with Gasteiger partial charge in [0, 0.05) is 20.1 Å². The van der Waals surface area contributed by atoms with Gasteiger partial charge in [0.2, 0.25) is 17.7 Å². The zero-order chi connectivity index (χ0) is 13.0. The molecular formula is C12H17N5O. The Bertz CT molecular complexity index is 493. The highest BCUT2D eigenvalue weighted by Crippen LogP contribution is 2.19. The van der Waals surface area contributed by atoms with Crippen molar-refractivity contribution in [1.29, 1.82) is 0 Å². The molecular weight excluding hydrogens is 230 g/mol. The lowest BCUT2D eigenvalue weighted by Gasteiger charge is -2.19. The predicted octanol–water partition coefficient (Wildman–Crippen LogP) is 2.02. The Balaban J connectivity index is 2.45. The molecule has 6 heteroatoms. The van der Waals surface area contributed by atoms with Gasteiger partial charge in [-0.1, -0.05) is 0 Å². The highest BCUT2D eigenvalue weighted by atomic mass is 16.3. The Morgan fingerprint density at radius 1 is 1.22 bits per heavy atom. The Kier molecular flexibility index (Phi) is 3.76. The molecule has 0 aliphatic carbocycles. The van der Waals surface area contributed by atoms with E-state index in [2.05, 4.69) is 39.0 Å². The van der Waals surface area contributed by atoms with Gasteiger partial charge in [0.05, 0.1) is 6.26 Å². The average molecular weight is 247 g/mol. The highest BCUT2D eigenvalue weighted by Gasteiger charge is 2.13. The van der Waals surface area contributed by atoms with Crippen molar-refractivity contribution >= 4 is 11.9 Å². The van der Waals surface area contributed by atoms with E-state index < -0.39 is 0 Å². The van der Waals surface area contributed by atoms with Crippen LogP contribution in [0.2, 0.25) is 0 Å². The largest absolute Gasteiger partial charge is 0.461 e. The van der Waals surface area contributed by atoms with Crippen molar-refractivity contribution in [2.45, 2.75) is 13.8 Å². The summed E-state index contributed by atoms with van der Waals surface area (Å²) in [5.41, 5.74) is 0. The summed E-state index contributed by atoms with van der Waals surface area (Å²) in [4.78, 5) is 15.1. The van der Waals surface area contributed by atoms with Crippen molar-refractivity contribution in [2.75, 3.05) is 30.4 Å². The summed E-state index contributed by atoms with van der Waals surface area (Å²) in [6, 6.07) is 3.65. The lowest BCUT2D eigenvalue weighted by Crippen LogP contribution is -2.25. The smallest absolute Gasteiger partial charge is 0.230 e. The number of aromatic nitrogens is 3. The number of furan rings is 1. The molecule has 2 heterocycles. The minimum atomic E-state index is 0.540. The maximum atomic E-state index is 5.32. The van der Waals surface area contributed by atoms with Gasteiger partial charge in [-0.25, -0.2) is 0 Å². The molecule has 1 N–H and O–H groups in total. The van der Waals surface area contributed by atoms with Gasteiger partial charge in [-0.05, 0) is 26.0 Å². The number of rotatable bonds is 5. The Hall–Kier alpha value is -2.11. The summed E-state index contributed by atoms with van der Waals surface area (Å²) >= 11 is 0. The number of anilines is 2. The first-order chi connectivity index (χ1) is 8.78. The summed E-state index contributed by atoms with van der Waals surface area (Å²) in [6.45, 7) is 5.83. The Morgan fingerprint density at radius 3 is 2.56 bits per heavy atom. The van der Waals surface area contributed by atoms with Crippen molar-refractivity contribution in [3.8, 4) is 11.6 Å². The lowest BCUT2D eigenvalue weighted by molar-refractivity contribution is 0.576. The molecule has 6 nitrogen and oxygen atoms in total. The molecule has 0 atom stereocenters. The van der Waals surface area contributed by atoms with Crippen LogP contribution in [-0.2, 0) is 0 Å². The first-order valence-corrected chi connectivity index (χ1v) is 6.01. The second-order valence-electron chi connectivity index (χ2n) is 3.68.